The fraction of sp³-hybridized carbons (Fsp3) is 0.609. The average Bonchev–Trinajstić information content (AvgIpc) is 2.67. The standard InChI is InChI=1S/C23H30N2O4/c1-3-24-20(26)14(2)29-21(27)18-4-6-19(7-5-18)25-22(28)23-11-15-8-16(12-23)10-17(9-15)13-23/h4-7,14-17H,3,8-13H2,1-2H3,(H,24,26)(H,25,28)/t14-,15?,16?,17?,23?/m1/s1. The molecule has 4 aliphatic carbocycles. The number of carbonyl (C=O) groups excluding carboxylic acids is 3. The van der Waals surface area contributed by atoms with E-state index in [-0.39, 0.29) is 17.2 Å². The van der Waals surface area contributed by atoms with Gasteiger partial charge in [0, 0.05) is 12.2 Å². The van der Waals surface area contributed by atoms with Crippen molar-refractivity contribution in [1.29, 1.82) is 0 Å². The molecule has 4 saturated carbocycles. The highest BCUT2D eigenvalue weighted by Gasteiger charge is 2.54. The SMILES string of the molecule is CCNC(=O)[C@@H](C)OC(=O)c1ccc(NC(=O)C23CC4CC(CC(C4)C2)C3)cc1. The maximum absolute atomic E-state index is 13.1. The van der Waals surface area contributed by atoms with E-state index in [1.807, 2.05) is 6.92 Å². The van der Waals surface area contributed by atoms with Crippen LogP contribution in [0, 0.1) is 23.2 Å². The molecule has 0 unspecified atom stereocenters. The van der Waals surface area contributed by atoms with Gasteiger partial charge in [-0.1, -0.05) is 0 Å². The Morgan fingerprint density at radius 1 is 1.03 bits per heavy atom. The number of anilines is 1. The lowest BCUT2D eigenvalue weighted by Gasteiger charge is -2.55. The number of likely N-dealkylation sites (N-methyl/N-ethyl adjacent to an activating group) is 1. The van der Waals surface area contributed by atoms with Gasteiger partial charge >= 0.3 is 5.97 Å². The molecule has 2 N–H and O–H groups in total. The van der Waals surface area contributed by atoms with E-state index in [0.717, 1.165) is 37.0 Å². The number of rotatable bonds is 6. The minimum absolute atomic E-state index is 0.136. The highest BCUT2D eigenvalue weighted by molar-refractivity contribution is 5.97. The number of nitrogens with one attached hydrogen (secondary N) is 2. The molecule has 4 bridgehead atoms. The smallest absolute Gasteiger partial charge is 0.338 e. The van der Waals surface area contributed by atoms with E-state index in [1.165, 1.54) is 19.3 Å². The molecule has 0 saturated heterocycles. The van der Waals surface area contributed by atoms with Crippen molar-refractivity contribution in [2.75, 3.05) is 11.9 Å². The Balaban J connectivity index is 1.37. The molecule has 6 heteroatoms. The third kappa shape index (κ3) is 4.02. The van der Waals surface area contributed by atoms with Gasteiger partial charge < -0.3 is 15.4 Å². The lowest BCUT2D eigenvalue weighted by molar-refractivity contribution is -0.140. The van der Waals surface area contributed by atoms with Crippen LogP contribution in [0.3, 0.4) is 0 Å². The molecule has 1 aromatic carbocycles. The van der Waals surface area contributed by atoms with Gasteiger partial charge in [0.05, 0.1) is 11.0 Å². The Morgan fingerprint density at radius 3 is 2.10 bits per heavy atom. The normalized spacial score (nSPS) is 30.5. The van der Waals surface area contributed by atoms with E-state index < -0.39 is 12.1 Å². The van der Waals surface area contributed by atoms with Crippen LogP contribution in [0.2, 0.25) is 0 Å². The first-order valence-electron chi connectivity index (χ1n) is 10.8. The van der Waals surface area contributed by atoms with E-state index in [2.05, 4.69) is 10.6 Å². The zero-order chi connectivity index (χ0) is 20.6. The minimum atomic E-state index is -0.849. The molecule has 1 atom stereocenters. The Bertz CT molecular complexity index is 766. The van der Waals surface area contributed by atoms with Gasteiger partial charge in [0.15, 0.2) is 6.10 Å². The van der Waals surface area contributed by atoms with Gasteiger partial charge in [0.25, 0.3) is 5.91 Å². The molecular formula is C23H30N2O4. The molecule has 6 nitrogen and oxygen atoms in total. The van der Waals surface area contributed by atoms with Crippen LogP contribution < -0.4 is 10.6 Å². The van der Waals surface area contributed by atoms with E-state index in [4.69, 9.17) is 4.74 Å². The maximum Gasteiger partial charge on any atom is 0.338 e. The van der Waals surface area contributed by atoms with Crippen LogP contribution in [0.25, 0.3) is 0 Å². The summed E-state index contributed by atoms with van der Waals surface area (Å²) in [5, 5.41) is 5.71. The molecule has 1 aromatic rings. The third-order valence-corrected chi connectivity index (χ3v) is 6.90. The van der Waals surface area contributed by atoms with Crippen LogP contribution in [0.5, 0.6) is 0 Å². The highest BCUT2D eigenvalue weighted by atomic mass is 16.5. The van der Waals surface area contributed by atoms with Crippen molar-refractivity contribution in [3.05, 3.63) is 29.8 Å². The number of carbonyl (C=O) groups is 3. The van der Waals surface area contributed by atoms with Gasteiger partial charge in [-0.3, -0.25) is 9.59 Å². The highest BCUT2D eigenvalue weighted by Crippen LogP contribution is 2.60. The predicted molar refractivity (Wildman–Crippen MR) is 109 cm³/mol. The summed E-state index contributed by atoms with van der Waals surface area (Å²) >= 11 is 0. The summed E-state index contributed by atoms with van der Waals surface area (Å²) in [6.07, 6.45) is 6.12. The Labute approximate surface area is 171 Å². The van der Waals surface area contributed by atoms with E-state index in [1.54, 1.807) is 31.2 Å². The molecule has 2 amide bonds. The van der Waals surface area contributed by atoms with Gasteiger partial charge in [-0.25, -0.2) is 4.79 Å². The van der Waals surface area contributed by atoms with E-state index in [9.17, 15) is 14.4 Å². The van der Waals surface area contributed by atoms with Crippen molar-refractivity contribution < 1.29 is 19.1 Å². The maximum atomic E-state index is 13.1. The van der Waals surface area contributed by atoms with Gasteiger partial charge in [-0.15, -0.1) is 0 Å². The average molecular weight is 399 g/mol. The summed E-state index contributed by atoms with van der Waals surface area (Å²) in [5.74, 6) is 1.42. The topological polar surface area (TPSA) is 84.5 Å². The first-order valence-corrected chi connectivity index (χ1v) is 10.8. The molecule has 0 spiro atoms. The number of hydrogen-bond donors (Lipinski definition) is 2. The van der Waals surface area contributed by atoms with Crippen molar-refractivity contribution in [2.24, 2.45) is 23.2 Å². The zero-order valence-corrected chi connectivity index (χ0v) is 17.2. The van der Waals surface area contributed by atoms with Crippen molar-refractivity contribution >= 4 is 23.5 Å². The van der Waals surface area contributed by atoms with Gasteiger partial charge in [0.1, 0.15) is 0 Å². The van der Waals surface area contributed by atoms with Crippen molar-refractivity contribution in [3.63, 3.8) is 0 Å². The molecule has 0 aromatic heterocycles. The predicted octanol–water partition coefficient (Wildman–Crippen LogP) is 3.52. The fourth-order valence-electron chi connectivity index (χ4n) is 5.94. The second kappa shape index (κ2) is 7.81. The van der Waals surface area contributed by atoms with E-state index in [0.29, 0.717) is 17.8 Å². The summed E-state index contributed by atoms with van der Waals surface area (Å²) < 4.78 is 5.20. The molecular weight excluding hydrogens is 368 g/mol. The largest absolute Gasteiger partial charge is 0.449 e. The van der Waals surface area contributed by atoms with Crippen LogP contribution in [0.15, 0.2) is 24.3 Å². The molecule has 0 heterocycles. The van der Waals surface area contributed by atoms with Gasteiger partial charge in [0.2, 0.25) is 5.91 Å². The zero-order valence-electron chi connectivity index (χ0n) is 17.2. The lowest BCUT2D eigenvalue weighted by atomic mass is 9.49. The molecule has 4 fully saturated rings. The molecule has 29 heavy (non-hydrogen) atoms. The van der Waals surface area contributed by atoms with Gasteiger partial charge in [-0.2, -0.15) is 0 Å². The van der Waals surface area contributed by atoms with Crippen molar-refractivity contribution in [3.8, 4) is 0 Å². The summed E-state index contributed by atoms with van der Waals surface area (Å²) in [4.78, 5) is 37.1. The summed E-state index contributed by atoms with van der Waals surface area (Å²) in [6.45, 7) is 3.84. The van der Waals surface area contributed by atoms with E-state index >= 15 is 0 Å². The minimum Gasteiger partial charge on any atom is -0.449 e. The van der Waals surface area contributed by atoms with Crippen LogP contribution in [-0.2, 0) is 14.3 Å². The summed E-state index contributed by atoms with van der Waals surface area (Å²) in [6, 6.07) is 6.71. The molecule has 0 aliphatic heterocycles. The second-order valence-electron chi connectivity index (χ2n) is 9.17. The molecule has 156 valence electrons. The number of esters is 1. The Hall–Kier alpha value is -2.37. The second-order valence-corrected chi connectivity index (χ2v) is 9.17. The molecule has 4 aliphatic rings. The fourth-order valence-corrected chi connectivity index (χ4v) is 5.94. The Kier molecular flexibility index (Phi) is 5.36. The third-order valence-electron chi connectivity index (χ3n) is 6.90. The Morgan fingerprint density at radius 2 is 1.59 bits per heavy atom. The van der Waals surface area contributed by atoms with Crippen LogP contribution in [-0.4, -0.2) is 30.4 Å². The van der Waals surface area contributed by atoms with Gasteiger partial charge in [-0.05, 0) is 94.4 Å². The molecule has 0 radical (unpaired) electrons. The summed E-state index contributed by atoms with van der Waals surface area (Å²) in [7, 11) is 0. The monoisotopic (exact) mass is 398 g/mol. The van der Waals surface area contributed by atoms with Crippen molar-refractivity contribution in [2.45, 2.75) is 58.5 Å². The quantitative estimate of drug-likeness (QED) is 0.718. The summed E-state index contributed by atoms with van der Waals surface area (Å²) in [5.41, 5.74) is 0.849. The first kappa shape index (κ1) is 19.9. The van der Waals surface area contributed by atoms with Crippen LogP contribution >= 0.6 is 0 Å². The van der Waals surface area contributed by atoms with Crippen LogP contribution in [0.4, 0.5) is 5.69 Å². The lowest BCUT2D eigenvalue weighted by Crippen LogP contribution is -2.51. The number of amides is 2. The molecule has 5 rings (SSSR count). The van der Waals surface area contributed by atoms with Crippen molar-refractivity contribution in [1.82, 2.24) is 5.32 Å². The van der Waals surface area contributed by atoms with Crippen LogP contribution in [0.1, 0.15) is 62.7 Å². The first-order chi connectivity index (χ1) is 13.9. The number of hydrogen-bond acceptors (Lipinski definition) is 4. The number of benzene rings is 1. The number of ether oxygens (including phenoxy) is 1.